The first-order valence-electron chi connectivity index (χ1n) is 6.26. The maximum Gasteiger partial charge on any atom is 0.164 e. The smallest absolute Gasteiger partial charge is 0.164 e. The van der Waals surface area contributed by atoms with Gasteiger partial charge in [-0.1, -0.05) is 22.0 Å². The molecule has 0 atom stereocenters. The van der Waals surface area contributed by atoms with E-state index in [0.717, 1.165) is 32.7 Å². The molecule has 0 unspecified atom stereocenters. The van der Waals surface area contributed by atoms with Gasteiger partial charge in [0.25, 0.3) is 0 Å². The molecule has 20 heavy (non-hydrogen) atoms. The molecule has 0 amide bonds. The average Bonchev–Trinajstić information content (AvgIpc) is 2.79. The largest absolute Gasteiger partial charge is 0.280 e. The first kappa shape index (κ1) is 13.6. The summed E-state index contributed by atoms with van der Waals surface area (Å²) >= 11 is 9.61. The van der Waals surface area contributed by atoms with Crippen LogP contribution in [0.25, 0.3) is 16.9 Å². The molecular formula is C15H13BrClN3. The highest BCUT2D eigenvalue weighted by atomic mass is 79.9. The summed E-state index contributed by atoms with van der Waals surface area (Å²) in [6.45, 7) is 4.07. The maximum atomic E-state index is 6.04. The molecule has 3 aromatic rings. The predicted octanol–water partition coefficient (Wildman–Crippen LogP) is 4.54. The highest BCUT2D eigenvalue weighted by Gasteiger charge is 2.13. The van der Waals surface area contributed by atoms with Crippen molar-refractivity contribution in [1.29, 1.82) is 0 Å². The summed E-state index contributed by atoms with van der Waals surface area (Å²) in [4.78, 5) is 9.08. The fourth-order valence-corrected chi connectivity index (χ4v) is 2.74. The first-order valence-corrected chi connectivity index (χ1v) is 7.59. The molecule has 102 valence electrons. The zero-order valence-electron chi connectivity index (χ0n) is 11.2. The Hall–Kier alpha value is -1.39. The quantitative estimate of drug-likeness (QED) is 0.635. The van der Waals surface area contributed by atoms with E-state index < -0.39 is 0 Å². The fourth-order valence-electron chi connectivity index (χ4n) is 2.19. The van der Waals surface area contributed by atoms with Crippen LogP contribution in [0.1, 0.15) is 17.0 Å². The standard InChI is InChI=1S/C15H13BrClN3/c1-9-5-13-15(18-8-9)20(14(7-17)19-13)11-4-3-10(2)12(16)6-11/h3-6,8H,7H2,1-2H3. The molecule has 2 heterocycles. The molecule has 0 aliphatic carbocycles. The summed E-state index contributed by atoms with van der Waals surface area (Å²) < 4.78 is 3.07. The predicted molar refractivity (Wildman–Crippen MR) is 85.6 cm³/mol. The number of alkyl halides is 1. The molecule has 1 aromatic carbocycles. The zero-order valence-corrected chi connectivity index (χ0v) is 13.5. The third-order valence-electron chi connectivity index (χ3n) is 3.24. The number of halogens is 2. The molecule has 0 N–H and O–H groups in total. The van der Waals surface area contributed by atoms with Gasteiger partial charge in [0, 0.05) is 10.7 Å². The number of nitrogens with zero attached hydrogens (tertiary/aromatic N) is 3. The van der Waals surface area contributed by atoms with Gasteiger partial charge in [0.05, 0.1) is 11.6 Å². The van der Waals surface area contributed by atoms with Crippen LogP contribution in [-0.4, -0.2) is 14.5 Å². The summed E-state index contributed by atoms with van der Waals surface area (Å²) in [5, 5.41) is 0. The summed E-state index contributed by atoms with van der Waals surface area (Å²) in [7, 11) is 0. The SMILES string of the molecule is Cc1cnc2c(c1)nc(CCl)n2-c1ccc(C)c(Br)c1. The van der Waals surface area contributed by atoms with Gasteiger partial charge in [0.2, 0.25) is 0 Å². The van der Waals surface area contributed by atoms with Gasteiger partial charge in [-0.3, -0.25) is 4.57 Å². The third-order valence-corrected chi connectivity index (χ3v) is 4.33. The van der Waals surface area contributed by atoms with Gasteiger partial charge < -0.3 is 0 Å². The van der Waals surface area contributed by atoms with Crippen LogP contribution in [0.2, 0.25) is 0 Å². The van der Waals surface area contributed by atoms with Crippen LogP contribution >= 0.6 is 27.5 Å². The zero-order chi connectivity index (χ0) is 14.3. The number of rotatable bonds is 2. The average molecular weight is 351 g/mol. The van der Waals surface area contributed by atoms with Crippen LogP contribution in [0.4, 0.5) is 0 Å². The van der Waals surface area contributed by atoms with Crippen molar-refractivity contribution in [3.05, 3.63) is 51.9 Å². The number of pyridine rings is 1. The Bertz CT molecular complexity index is 795. The molecule has 0 spiro atoms. The van der Waals surface area contributed by atoms with Gasteiger partial charge in [0.1, 0.15) is 11.3 Å². The maximum absolute atomic E-state index is 6.04. The topological polar surface area (TPSA) is 30.7 Å². The molecule has 0 radical (unpaired) electrons. The van der Waals surface area contributed by atoms with E-state index in [-0.39, 0.29) is 0 Å². The van der Waals surface area contributed by atoms with Crippen molar-refractivity contribution in [2.45, 2.75) is 19.7 Å². The number of aromatic nitrogens is 3. The second-order valence-corrected chi connectivity index (χ2v) is 5.91. The first-order chi connectivity index (χ1) is 9.60. The minimum absolute atomic E-state index is 0.348. The number of hydrogen-bond acceptors (Lipinski definition) is 2. The number of hydrogen-bond donors (Lipinski definition) is 0. The lowest BCUT2D eigenvalue weighted by atomic mass is 10.2. The Morgan fingerprint density at radius 3 is 2.75 bits per heavy atom. The molecule has 5 heteroatoms. The Labute approximate surface area is 130 Å². The Morgan fingerprint density at radius 1 is 1.25 bits per heavy atom. The van der Waals surface area contributed by atoms with E-state index in [9.17, 15) is 0 Å². The van der Waals surface area contributed by atoms with Crippen LogP contribution in [-0.2, 0) is 5.88 Å². The van der Waals surface area contributed by atoms with E-state index >= 15 is 0 Å². The van der Waals surface area contributed by atoms with Crippen LogP contribution in [0.15, 0.2) is 34.9 Å². The molecule has 0 aliphatic heterocycles. The van der Waals surface area contributed by atoms with Gasteiger partial charge in [-0.2, -0.15) is 0 Å². The molecule has 2 aromatic heterocycles. The minimum atomic E-state index is 0.348. The van der Waals surface area contributed by atoms with E-state index in [4.69, 9.17) is 11.6 Å². The fraction of sp³-hybridized carbons (Fsp3) is 0.200. The van der Waals surface area contributed by atoms with E-state index in [2.05, 4.69) is 51.0 Å². The van der Waals surface area contributed by atoms with Gasteiger partial charge in [-0.05, 0) is 43.2 Å². The Morgan fingerprint density at radius 2 is 2.05 bits per heavy atom. The van der Waals surface area contributed by atoms with Crippen molar-refractivity contribution < 1.29 is 0 Å². The van der Waals surface area contributed by atoms with Gasteiger partial charge in [-0.25, -0.2) is 9.97 Å². The van der Waals surface area contributed by atoms with E-state index in [1.165, 1.54) is 5.56 Å². The lowest BCUT2D eigenvalue weighted by Gasteiger charge is -2.09. The van der Waals surface area contributed by atoms with Crippen LogP contribution < -0.4 is 0 Å². The third kappa shape index (κ3) is 2.23. The number of imidazole rings is 1. The highest BCUT2D eigenvalue weighted by Crippen LogP contribution is 2.25. The Balaban J connectivity index is 2.30. The summed E-state index contributed by atoms with van der Waals surface area (Å²) in [5.74, 6) is 1.15. The monoisotopic (exact) mass is 349 g/mol. The number of fused-ring (bicyclic) bond motifs is 1. The van der Waals surface area contributed by atoms with E-state index in [1.54, 1.807) is 0 Å². The summed E-state index contributed by atoms with van der Waals surface area (Å²) in [6, 6.07) is 8.21. The summed E-state index contributed by atoms with van der Waals surface area (Å²) in [5.41, 5.74) is 5.00. The van der Waals surface area contributed by atoms with Crippen molar-refractivity contribution in [3.8, 4) is 5.69 Å². The molecule has 0 bridgehead atoms. The number of benzene rings is 1. The molecule has 0 saturated heterocycles. The van der Waals surface area contributed by atoms with Gasteiger partial charge in [0.15, 0.2) is 5.65 Å². The second kappa shape index (κ2) is 5.19. The molecule has 0 saturated carbocycles. The van der Waals surface area contributed by atoms with Gasteiger partial charge >= 0.3 is 0 Å². The van der Waals surface area contributed by atoms with Crippen molar-refractivity contribution in [2.75, 3.05) is 0 Å². The minimum Gasteiger partial charge on any atom is -0.280 e. The molecule has 0 aliphatic rings. The van der Waals surface area contributed by atoms with Crippen LogP contribution in [0.5, 0.6) is 0 Å². The molecular weight excluding hydrogens is 338 g/mol. The summed E-state index contributed by atoms with van der Waals surface area (Å²) in [6.07, 6.45) is 1.85. The van der Waals surface area contributed by atoms with Crippen molar-refractivity contribution in [3.63, 3.8) is 0 Å². The van der Waals surface area contributed by atoms with Gasteiger partial charge in [-0.15, -0.1) is 11.6 Å². The lowest BCUT2D eigenvalue weighted by Crippen LogP contribution is -2.00. The molecule has 3 rings (SSSR count). The van der Waals surface area contributed by atoms with Crippen LogP contribution in [0.3, 0.4) is 0 Å². The second-order valence-electron chi connectivity index (χ2n) is 4.79. The van der Waals surface area contributed by atoms with E-state index in [0.29, 0.717) is 5.88 Å². The van der Waals surface area contributed by atoms with Crippen LogP contribution in [0, 0.1) is 13.8 Å². The Kier molecular flexibility index (Phi) is 3.52. The normalized spacial score (nSPS) is 11.2. The van der Waals surface area contributed by atoms with Crippen molar-refractivity contribution in [2.24, 2.45) is 0 Å². The van der Waals surface area contributed by atoms with E-state index in [1.807, 2.05) is 23.8 Å². The number of aryl methyl sites for hydroxylation is 2. The van der Waals surface area contributed by atoms with Crippen molar-refractivity contribution in [1.82, 2.24) is 14.5 Å². The molecule has 0 fully saturated rings. The lowest BCUT2D eigenvalue weighted by molar-refractivity contribution is 0.967. The highest BCUT2D eigenvalue weighted by molar-refractivity contribution is 9.10. The molecule has 3 nitrogen and oxygen atoms in total. The van der Waals surface area contributed by atoms with Crippen molar-refractivity contribution >= 4 is 38.7 Å².